The predicted molar refractivity (Wildman–Crippen MR) is 111 cm³/mol. The fourth-order valence-electron chi connectivity index (χ4n) is 3.32. The molecule has 4 heteroatoms. The Hall–Kier alpha value is -3.27. The van der Waals surface area contributed by atoms with Crippen LogP contribution in [0.2, 0.25) is 0 Å². The summed E-state index contributed by atoms with van der Waals surface area (Å²) in [6.07, 6.45) is 0. The van der Waals surface area contributed by atoms with Crippen molar-refractivity contribution >= 4 is 5.91 Å². The minimum absolute atomic E-state index is 0.0483. The minimum atomic E-state index is -0.340. The van der Waals surface area contributed by atoms with E-state index in [0.717, 1.165) is 16.7 Å². The highest BCUT2D eigenvalue weighted by Gasteiger charge is 2.25. The van der Waals surface area contributed by atoms with E-state index in [-0.39, 0.29) is 11.8 Å². The average Bonchev–Trinajstić information content (AvgIpc) is 2.75. The van der Waals surface area contributed by atoms with Crippen LogP contribution in [0, 0.1) is 0 Å². The first-order valence-corrected chi connectivity index (χ1v) is 9.19. The number of likely N-dealkylation sites (N-methyl/N-ethyl adjacent to an activating group) is 1. The fourth-order valence-corrected chi connectivity index (χ4v) is 3.32. The van der Waals surface area contributed by atoms with Gasteiger partial charge in [-0.05, 0) is 28.8 Å². The van der Waals surface area contributed by atoms with E-state index in [1.165, 1.54) is 0 Å². The molecular formula is C24H25NO3. The summed E-state index contributed by atoms with van der Waals surface area (Å²) in [5, 5.41) is 0. The molecule has 0 radical (unpaired) electrons. The fraction of sp³-hybridized carbons (Fsp3) is 0.208. The molecule has 0 aromatic heterocycles. The van der Waals surface area contributed by atoms with Crippen molar-refractivity contribution in [1.82, 2.24) is 4.90 Å². The first kappa shape index (κ1) is 19.5. The van der Waals surface area contributed by atoms with Crippen LogP contribution in [0.4, 0.5) is 0 Å². The van der Waals surface area contributed by atoms with Crippen LogP contribution in [0.3, 0.4) is 0 Å². The highest BCUT2D eigenvalue weighted by molar-refractivity contribution is 5.87. The van der Waals surface area contributed by atoms with Crippen molar-refractivity contribution in [2.45, 2.75) is 12.5 Å². The topological polar surface area (TPSA) is 38.8 Å². The summed E-state index contributed by atoms with van der Waals surface area (Å²) in [6.45, 7) is 0.482. The quantitative estimate of drug-likeness (QED) is 0.611. The number of hydrogen-bond donors (Lipinski definition) is 0. The first-order valence-electron chi connectivity index (χ1n) is 9.19. The van der Waals surface area contributed by atoms with Crippen molar-refractivity contribution in [3.8, 4) is 11.5 Å². The zero-order valence-electron chi connectivity index (χ0n) is 16.5. The lowest BCUT2D eigenvalue weighted by molar-refractivity contribution is -0.131. The number of carbonyl (C=O) groups is 1. The number of hydrogen-bond acceptors (Lipinski definition) is 3. The molecule has 0 heterocycles. The van der Waals surface area contributed by atoms with Gasteiger partial charge in [-0.25, -0.2) is 0 Å². The lowest BCUT2D eigenvalue weighted by atomic mass is 9.90. The number of methoxy groups -OCH3 is 2. The Labute approximate surface area is 166 Å². The predicted octanol–water partition coefficient (Wildman–Crippen LogP) is 4.49. The van der Waals surface area contributed by atoms with Gasteiger partial charge in [0.15, 0.2) is 11.5 Å². The van der Waals surface area contributed by atoms with E-state index in [0.29, 0.717) is 18.0 Å². The van der Waals surface area contributed by atoms with Crippen LogP contribution < -0.4 is 9.47 Å². The summed E-state index contributed by atoms with van der Waals surface area (Å²) in [5.74, 6) is 1.04. The Bertz CT molecular complexity index is 870. The van der Waals surface area contributed by atoms with Gasteiger partial charge in [-0.2, -0.15) is 0 Å². The van der Waals surface area contributed by atoms with Gasteiger partial charge in [0.05, 0.1) is 20.1 Å². The molecule has 0 N–H and O–H groups in total. The Balaban J connectivity index is 1.87. The van der Waals surface area contributed by atoms with Crippen molar-refractivity contribution in [3.05, 3.63) is 95.6 Å². The van der Waals surface area contributed by atoms with Crippen LogP contribution in [-0.4, -0.2) is 32.1 Å². The van der Waals surface area contributed by atoms with E-state index < -0.39 is 0 Å². The third-order valence-corrected chi connectivity index (χ3v) is 4.76. The van der Waals surface area contributed by atoms with Crippen LogP contribution in [0.1, 0.15) is 22.6 Å². The molecule has 3 rings (SSSR count). The molecule has 0 saturated heterocycles. The van der Waals surface area contributed by atoms with Gasteiger partial charge in [0.1, 0.15) is 0 Å². The number of ether oxygens (including phenoxy) is 2. The number of rotatable bonds is 7. The Morgan fingerprint density at radius 1 is 0.821 bits per heavy atom. The van der Waals surface area contributed by atoms with Gasteiger partial charge in [0, 0.05) is 13.6 Å². The van der Waals surface area contributed by atoms with Gasteiger partial charge in [-0.15, -0.1) is 0 Å². The molecule has 0 aliphatic rings. The standard InChI is InChI=1S/C24H25NO3/c1-25(17-18-14-15-21(27-2)22(16-18)28-3)24(26)23(19-10-6-4-7-11-19)20-12-8-5-9-13-20/h4-16,23H,17H2,1-3H3. The highest BCUT2D eigenvalue weighted by atomic mass is 16.5. The summed E-state index contributed by atoms with van der Waals surface area (Å²) in [7, 11) is 5.05. The second kappa shape index (κ2) is 9.09. The summed E-state index contributed by atoms with van der Waals surface area (Å²) < 4.78 is 10.7. The monoisotopic (exact) mass is 375 g/mol. The maximum Gasteiger partial charge on any atom is 0.234 e. The van der Waals surface area contributed by atoms with Crippen LogP contribution in [-0.2, 0) is 11.3 Å². The molecule has 3 aromatic carbocycles. The minimum Gasteiger partial charge on any atom is -0.493 e. The van der Waals surface area contributed by atoms with E-state index in [9.17, 15) is 4.79 Å². The Morgan fingerprint density at radius 3 is 1.86 bits per heavy atom. The summed E-state index contributed by atoms with van der Waals surface area (Å²) in [6, 6.07) is 25.5. The molecule has 144 valence electrons. The van der Waals surface area contributed by atoms with Gasteiger partial charge in [-0.1, -0.05) is 66.7 Å². The van der Waals surface area contributed by atoms with Crippen molar-refractivity contribution in [3.63, 3.8) is 0 Å². The largest absolute Gasteiger partial charge is 0.493 e. The summed E-state index contributed by atoms with van der Waals surface area (Å²) >= 11 is 0. The zero-order valence-corrected chi connectivity index (χ0v) is 16.5. The van der Waals surface area contributed by atoms with E-state index >= 15 is 0 Å². The second-order valence-corrected chi connectivity index (χ2v) is 6.64. The van der Waals surface area contributed by atoms with Gasteiger partial charge < -0.3 is 14.4 Å². The average molecular weight is 375 g/mol. The van der Waals surface area contributed by atoms with E-state index in [4.69, 9.17) is 9.47 Å². The lowest BCUT2D eigenvalue weighted by Gasteiger charge is -2.25. The number of nitrogens with zero attached hydrogens (tertiary/aromatic N) is 1. The van der Waals surface area contributed by atoms with Crippen molar-refractivity contribution in [2.75, 3.05) is 21.3 Å². The number of benzene rings is 3. The van der Waals surface area contributed by atoms with Crippen molar-refractivity contribution in [2.24, 2.45) is 0 Å². The Kier molecular flexibility index (Phi) is 6.33. The van der Waals surface area contributed by atoms with Crippen molar-refractivity contribution in [1.29, 1.82) is 0 Å². The van der Waals surface area contributed by atoms with Crippen LogP contribution in [0.15, 0.2) is 78.9 Å². The molecule has 0 spiro atoms. The molecule has 28 heavy (non-hydrogen) atoms. The summed E-state index contributed by atoms with van der Waals surface area (Å²) in [4.78, 5) is 15.2. The Morgan fingerprint density at radius 2 is 1.36 bits per heavy atom. The lowest BCUT2D eigenvalue weighted by Crippen LogP contribution is -2.32. The molecule has 0 unspecified atom stereocenters. The zero-order chi connectivity index (χ0) is 19.9. The van der Waals surface area contributed by atoms with E-state index in [2.05, 4.69) is 0 Å². The molecule has 1 amide bonds. The highest BCUT2D eigenvalue weighted by Crippen LogP contribution is 2.30. The first-order chi connectivity index (χ1) is 13.6. The number of carbonyl (C=O) groups excluding carboxylic acids is 1. The van der Waals surface area contributed by atoms with Gasteiger partial charge in [0.2, 0.25) is 5.91 Å². The smallest absolute Gasteiger partial charge is 0.234 e. The molecule has 0 aliphatic heterocycles. The maximum atomic E-state index is 13.4. The molecule has 0 aliphatic carbocycles. The van der Waals surface area contributed by atoms with Crippen molar-refractivity contribution < 1.29 is 14.3 Å². The molecule has 3 aromatic rings. The third-order valence-electron chi connectivity index (χ3n) is 4.76. The van der Waals surface area contributed by atoms with Gasteiger partial charge in [-0.3, -0.25) is 4.79 Å². The van der Waals surface area contributed by atoms with Gasteiger partial charge in [0.25, 0.3) is 0 Å². The van der Waals surface area contributed by atoms with Crippen LogP contribution >= 0.6 is 0 Å². The summed E-state index contributed by atoms with van der Waals surface area (Å²) in [5.41, 5.74) is 2.95. The maximum absolute atomic E-state index is 13.4. The number of amides is 1. The van der Waals surface area contributed by atoms with Gasteiger partial charge >= 0.3 is 0 Å². The molecular weight excluding hydrogens is 350 g/mol. The van der Waals surface area contributed by atoms with Crippen LogP contribution in [0.5, 0.6) is 11.5 Å². The molecule has 0 bridgehead atoms. The third kappa shape index (κ3) is 4.34. The van der Waals surface area contributed by atoms with E-state index in [1.54, 1.807) is 19.1 Å². The van der Waals surface area contributed by atoms with E-state index in [1.807, 2.05) is 85.9 Å². The SMILES string of the molecule is COc1ccc(CN(C)C(=O)C(c2ccccc2)c2ccccc2)cc1OC. The second-order valence-electron chi connectivity index (χ2n) is 6.64. The molecule has 0 atom stereocenters. The molecule has 4 nitrogen and oxygen atoms in total. The van der Waals surface area contributed by atoms with Crippen LogP contribution in [0.25, 0.3) is 0 Å². The molecule has 0 fully saturated rings. The molecule has 0 saturated carbocycles. The normalized spacial score (nSPS) is 10.6.